The Labute approximate surface area is 161 Å². The molecular formula is C21H30N2O4. The largest absolute Gasteiger partial charge is 0.481 e. The lowest BCUT2D eigenvalue weighted by atomic mass is 9.75. The van der Waals surface area contributed by atoms with Gasteiger partial charge in [-0.1, -0.05) is 30.3 Å². The second kappa shape index (κ2) is 7.50. The molecule has 1 aromatic rings. The SMILES string of the molecule is CC(C)(C)OC(=O)N1CCC[C@@]2(C(=O)O)CN(Cc3ccccc3)C[C@@H]2C1. The number of carbonyl (C=O) groups is 2. The normalized spacial score (nSPS) is 26.3. The van der Waals surface area contributed by atoms with Gasteiger partial charge in [-0.2, -0.15) is 0 Å². The first-order valence-electron chi connectivity index (χ1n) is 9.67. The molecule has 0 saturated carbocycles. The lowest BCUT2D eigenvalue weighted by molar-refractivity contribution is -0.151. The van der Waals surface area contributed by atoms with Gasteiger partial charge in [0, 0.05) is 38.6 Å². The van der Waals surface area contributed by atoms with E-state index in [2.05, 4.69) is 17.0 Å². The first-order chi connectivity index (χ1) is 12.7. The van der Waals surface area contributed by atoms with Crippen molar-refractivity contribution in [3.63, 3.8) is 0 Å². The molecule has 0 spiro atoms. The zero-order chi connectivity index (χ0) is 19.7. The summed E-state index contributed by atoms with van der Waals surface area (Å²) in [4.78, 5) is 28.7. The van der Waals surface area contributed by atoms with E-state index in [0.717, 1.165) is 6.54 Å². The van der Waals surface area contributed by atoms with E-state index in [9.17, 15) is 14.7 Å². The van der Waals surface area contributed by atoms with Crippen LogP contribution >= 0.6 is 0 Å². The lowest BCUT2D eigenvalue weighted by Gasteiger charge is -2.30. The molecule has 1 N–H and O–H groups in total. The predicted octanol–water partition coefficient (Wildman–Crippen LogP) is 3.22. The molecule has 0 aromatic heterocycles. The maximum absolute atomic E-state index is 12.5. The first kappa shape index (κ1) is 19.7. The van der Waals surface area contributed by atoms with Gasteiger partial charge in [-0.25, -0.2) is 4.79 Å². The third kappa shape index (κ3) is 4.43. The summed E-state index contributed by atoms with van der Waals surface area (Å²) >= 11 is 0. The van der Waals surface area contributed by atoms with Crippen LogP contribution in [0.4, 0.5) is 4.79 Å². The van der Waals surface area contributed by atoms with E-state index in [-0.39, 0.29) is 12.0 Å². The molecule has 3 rings (SSSR count). The van der Waals surface area contributed by atoms with E-state index in [0.29, 0.717) is 39.0 Å². The highest BCUT2D eigenvalue weighted by Crippen LogP contribution is 2.43. The zero-order valence-corrected chi connectivity index (χ0v) is 16.5. The van der Waals surface area contributed by atoms with E-state index in [1.54, 1.807) is 4.90 Å². The van der Waals surface area contributed by atoms with Gasteiger partial charge in [-0.15, -0.1) is 0 Å². The molecule has 27 heavy (non-hydrogen) atoms. The summed E-state index contributed by atoms with van der Waals surface area (Å²) in [7, 11) is 0. The topological polar surface area (TPSA) is 70.1 Å². The lowest BCUT2D eigenvalue weighted by Crippen LogP contribution is -2.43. The highest BCUT2D eigenvalue weighted by molar-refractivity contribution is 5.76. The molecule has 2 aliphatic heterocycles. The molecule has 2 saturated heterocycles. The number of carbonyl (C=O) groups excluding carboxylic acids is 1. The van der Waals surface area contributed by atoms with Crippen LogP contribution in [-0.2, 0) is 16.1 Å². The van der Waals surface area contributed by atoms with Crippen molar-refractivity contribution in [1.82, 2.24) is 9.80 Å². The van der Waals surface area contributed by atoms with Crippen LogP contribution in [0.5, 0.6) is 0 Å². The van der Waals surface area contributed by atoms with Gasteiger partial charge in [-0.3, -0.25) is 9.69 Å². The highest BCUT2D eigenvalue weighted by atomic mass is 16.6. The Morgan fingerprint density at radius 3 is 2.56 bits per heavy atom. The first-order valence-corrected chi connectivity index (χ1v) is 9.67. The van der Waals surface area contributed by atoms with Gasteiger partial charge in [0.15, 0.2) is 0 Å². The van der Waals surface area contributed by atoms with Gasteiger partial charge < -0.3 is 14.7 Å². The van der Waals surface area contributed by atoms with E-state index in [1.165, 1.54) is 5.56 Å². The number of hydrogen-bond donors (Lipinski definition) is 1. The number of benzene rings is 1. The average Bonchev–Trinajstić information content (AvgIpc) is 2.81. The van der Waals surface area contributed by atoms with Crippen LogP contribution in [0.15, 0.2) is 30.3 Å². The summed E-state index contributed by atoms with van der Waals surface area (Å²) in [5, 5.41) is 10.1. The second-order valence-electron chi connectivity index (χ2n) is 8.84. The molecule has 0 bridgehead atoms. The molecule has 2 fully saturated rings. The molecular weight excluding hydrogens is 344 g/mol. The minimum Gasteiger partial charge on any atom is -0.481 e. The van der Waals surface area contributed by atoms with Crippen LogP contribution in [0, 0.1) is 11.3 Å². The van der Waals surface area contributed by atoms with Crippen molar-refractivity contribution in [3.8, 4) is 0 Å². The van der Waals surface area contributed by atoms with Gasteiger partial charge in [0.05, 0.1) is 5.41 Å². The third-order valence-electron chi connectivity index (χ3n) is 5.58. The smallest absolute Gasteiger partial charge is 0.410 e. The van der Waals surface area contributed by atoms with Crippen molar-refractivity contribution >= 4 is 12.1 Å². The number of ether oxygens (including phenoxy) is 1. The van der Waals surface area contributed by atoms with Crippen molar-refractivity contribution in [1.29, 1.82) is 0 Å². The summed E-state index contributed by atoms with van der Waals surface area (Å²) in [5.74, 6) is -0.831. The number of carboxylic acid groups (broad SMARTS) is 1. The number of hydrogen-bond acceptors (Lipinski definition) is 4. The Balaban J connectivity index is 1.75. The van der Waals surface area contributed by atoms with E-state index in [4.69, 9.17) is 4.74 Å². The molecule has 2 atom stereocenters. The molecule has 0 unspecified atom stereocenters. The minimum atomic E-state index is -0.786. The van der Waals surface area contributed by atoms with E-state index in [1.807, 2.05) is 39.0 Å². The number of amides is 1. The van der Waals surface area contributed by atoms with Crippen LogP contribution < -0.4 is 0 Å². The number of likely N-dealkylation sites (tertiary alicyclic amines) is 2. The van der Waals surface area contributed by atoms with E-state index >= 15 is 0 Å². The van der Waals surface area contributed by atoms with Crippen LogP contribution in [0.2, 0.25) is 0 Å². The molecule has 0 aliphatic carbocycles. The van der Waals surface area contributed by atoms with Gasteiger partial charge >= 0.3 is 12.1 Å². The van der Waals surface area contributed by atoms with E-state index < -0.39 is 17.0 Å². The van der Waals surface area contributed by atoms with Crippen molar-refractivity contribution in [2.75, 3.05) is 26.2 Å². The van der Waals surface area contributed by atoms with Crippen molar-refractivity contribution in [2.45, 2.75) is 45.8 Å². The van der Waals surface area contributed by atoms with Gasteiger partial charge in [0.2, 0.25) is 0 Å². The molecule has 0 radical (unpaired) electrons. The quantitative estimate of drug-likeness (QED) is 0.880. The zero-order valence-electron chi connectivity index (χ0n) is 16.5. The minimum absolute atomic E-state index is 0.0891. The fraction of sp³-hybridized carbons (Fsp3) is 0.619. The average molecular weight is 374 g/mol. The summed E-state index contributed by atoms with van der Waals surface area (Å²) in [6.07, 6.45) is 0.934. The maximum atomic E-state index is 12.5. The van der Waals surface area contributed by atoms with Crippen molar-refractivity contribution < 1.29 is 19.4 Å². The summed E-state index contributed by atoms with van der Waals surface area (Å²) in [6.45, 7) is 8.49. The summed E-state index contributed by atoms with van der Waals surface area (Å²) < 4.78 is 5.52. The summed E-state index contributed by atoms with van der Waals surface area (Å²) in [5.41, 5.74) is -0.160. The molecule has 2 heterocycles. The molecule has 6 heteroatoms. The number of rotatable bonds is 3. The monoisotopic (exact) mass is 374 g/mol. The summed E-state index contributed by atoms with van der Waals surface area (Å²) in [6, 6.07) is 10.1. The van der Waals surface area contributed by atoms with Crippen LogP contribution in [0.25, 0.3) is 0 Å². The fourth-order valence-corrected chi connectivity index (χ4v) is 4.34. The van der Waals surface area contributed by atoms with Gasteiger partial charge in [0.1, 0.15) is 5.60 Å². The Hall–Kier alpha value is -2.08. The fourth-order valence-electron chi connectivity index (χ4n) is 4.34. The molecule has 1 amide bonds. The molecule has 2 aliphatic rings. The second-order valence-corrected chi connectivity index (χ2v) is 8.84. The Morgan fingerprint density at radius 1 is 1.22 bits per heavy atom. The molecule has 148 valence electrons. The van der Waals surface area contributed by atoms with Crippen LogP contribution in [-0.4, -0.2) is 58.7 Å². The van der Waals surface area contributed by atoms with Gasteiger partial charge in [-0.05, 0) is 39.2 Å². The third-order valence-corrected chi connectivity index (χ3v) is 5.58. The number of aliphatic carboxylic acids is 1. The maximum Gasteiger partial charge on any atom is 0.410 e. The highest BCUT2D eigenvalue weighted by Gasteiger charge is 2.53. The number of carboxylic acids is 1. The molecule has 6 nitrogen and oxygen atoms in total. The standard InChI is InChI=1S/C21H30N2O4/c1-20(2,3)27-19(26)23-11-7-10-21(18(24)25)15-22(13-17(21)14-23)12-16-8-5-4-6-9-16/h4-6,8-9,17H,7,10-15H2,1-3H3,(H,24,25)/t17-,21-/m1/s1. The predicted molar refractivity (Wildman–Crippen MR) is 102 cm³/mol. The number of nitrogens with zero attached hydrogens (tertiary/aromatic N) is 2. The Kier molecular flexibility index (Phi) is 5.47. The molecule has 1 aromatic carbocycles. The number of fused-ring (bicyclic) bond motifs is 1. The van der Waals surface area contributed by atoms with Crippen LogP contribution in [0.3, 0.4) is 0 Å². The van der Waals surface area contributed by atoms with Crippen molar-refractivity contribution in [3.05, 3.63) is 35.9 Å². The van der Waals surface area contributed by atoms with Gasteiger partial charge in [0.25, 0.3) is 0 Å². The van der Waals surface area contributed by atoms with Crippen molar-refractivity contribution in [2.24, 2.45) is 11.3 Å². The Morgan fingerprint density at radius 2 is 1.93 bits per heavy atom. The van der Waals surface area contributed by atoms with Crippen LogP contribution in [0.1, 0.15) is 39.2 Å². The Bertz CT molecular complexity index is 685.